The van der Waals surface area contributed by atoms with E-state index in [9.17, 15) is 9.90 Å². The van der Waals surface area contributed by atoms with E-state index in [0.717, 1.165) is 24.2 Å². The van der Waals surface area contributed by atoms with E-state index in [0.29, 0.717) is 19.6 Å². The van der Waals surface area contributed by atoms with Crippen molar-refractivity contribution in [1.82, 2.24) is 4.90 Å². The maximum absolute atomic E-state index is 12.0. The number of aliphatic carboxylic acids is 1. The summed E-state index contributed by atoms with van der Waals surface area (Å²) in [6.07, 6.45) is 7.05. The Bertz CT molecular complexity index is 657. The summed E-state index contributed by atoms with van der Waals surface area (Å²) in [7, 11) is 0. The maximum Gasteiger partial charge on any atom is 0.311 e. The van der Waals surface area contributed by atoms with Gasteiger partial charge in [0.25, 0.3) is 0 Å². The van der Waals surface area contributed by atoms with Crippen LogP contribution in [0.1, 0.15) is 25.8 Å². The molecule has 1 saturated heterocycles. The zero-order valence-electron chi connectivity index (χ0n) is 14.4. The van der Waals surface area contributed by atoms with Crippen molar-refractivity contribution in [2.75, 3.05) is 26.3 Å². The van der Waals surface area contributed by atoms with Crippen LogP contribution in [0.4, 0.5) is 0 Å². The Morgan fingerprint density at radius 1 is 1.21 bits per heavy atom. The summed E-state index contributed by atoms with van der Waals surface area (Å²) in [6, 6.07) is 10.2. The first kappa shape index (κ1) is 16.9. The molecule has 0 aromatic heterocycles. The predicted molar refractivity (Wildman–Crippen MR) is 94.7 cm³/mol. The minimum atomic E-state index is -0.889. The topological polar surface area (TPSA) is 49.8 Å². The van der Waals surface area contributed by atoms with Crippen LogP contribution < -0.4 is 0 Å². The predicted octanol–water partition coefficient (Wildman–Crippen LogP) is 3.21. The fraction of sp³-hybridized carbons (Fsp3) is 0.450. The van der Waals surface area contributed by atoms with Crippen LogP contribution in [0.15, 0.2) is 48.6 Å². The lowest BCUT2D eigenvalue weighted by molar-refractivity contribution is -0.157. The van der Waals surface area contributed by atoms with Crippen molar-refractivity contribution in [1.29, 1.82) is 0 Å². The van der Waals surface area contributed by atoms with Crippen molar-refractivity contribution in [3.05, 3.63) is 54.1 Å². The quantitative estimate of drug-likeness (QED) is 0.922. The lowest BCUT2D eigenvalue weighted by Crippen LogP contribution is -2.62. The third kappa shape index (κ3) is 2.80. The number of hydrogen-bond acceptors (Lipinski definition) is 3. The molecule has 0 saturated carbocycles. The van der Waals surface area contributed by atoms with Gasteiger partial charge in [-0.15, -0.1) is 0 Å². The second-order valence-electron chi connectivity index (χ2n) is 7.02. The molecule has 1 N–H and O–H groups in total. The van der Waals surface area contributed by atoms with Gasteiger partial charge in [-0.3, -0.25) is 9.69 Å². The van der Waals surface area contributed by atoms with Crippen molar-refractivity contribution >= 4 is 11.5 Å². The number of morpholine rings is 1. The Kier molecular flexibility index (Phi) is 4.61. The molecule has 0 amide bonds. The Hall–Kier alpha value is -1.91. The van der Waals surface area contributed by atoms with Gasteiger partial charge in [0.15, 0.2) is 0 Å². The van der Waals surface area contributed by atoms with Crippen molar-refractivity contribution in [2.45, 2.75) is 25.8 Å². The van der Waals surface area contributed by atoms with Gasteiger partial charge in [0.05, 0.1) is 24.2 Å². The molecule has 3 rings (SSSR count). The molecule has 24 heavy (non-hydrogen) atoms. The summed E-state index contributed by atoms with van der Waals surface area (Å²) in [6.45, 7) is 6.49. The number of ether oxygens (including phenoxy) is 1. The van der Waals surface area contributed by atoms with Crippen LogP contribution in [0, 0.1) is 5.41 Å². The van der Waals surface area contributed by atoms with E-state index >= 15 is 0 Å². The zero-order chi connectivity index (χ0) is 17.2. The number of benzene rings is 1. The second kappa shape index (κ2) is 6.54. The number of allylic oxidation sites excluding steroid dienone is 2. The van der Waals surface area contributed by atoms with E-state index in [2.05, 4.69) is 35.3 Å². The first-order valence-electron chi connectivity index (χ1n) is 8.48. The van der Waals surface area contributed by atoms with Crippen molar-refractivity contribution in [3.63, 3.8) is 0 Å². The summed E-state index contributed by atoms with van der Waals surface area (Å²) in [5.74, 6) is -0.768. The SMILES string of the molecule is CC(C)(C(=O)O)C1(N2CCOCC2)C=CC(c2ccccc2)=CC1. The maximum atomic E-state index is 12.0. The molecule has 2 aliphatic rings. The van der Waals surface area contributed by atoms with Crippen molar-refractivity contribution in [3.8, 4) is 0 Å². The third-order valence-electron chi connectivity index (χ3n) is 5.47. The Labute approximate surface area is 143 Å². The van der Waals surface area contributed by atoms with E-state index in [-0.39, 0.29) is 0 Å². The van der Waals surface area contributed by atoms with Crippen LogP contribution in [-0.2, 0) is 9.53 Å². The highest BCUT2D eigenvalue weighted by Crippen LogP contribution is 2.44. The highest BCUT2D eigenvalue weighted by molar-refractivity contribution is 5.80. The van der Waals surface area contributed by atoms with E-state index in [1.807, 2.05) is 32.0 Å². The summed E-state index contributed by atoms with van der Waals surface area (Å²) >= 11 is 0. The molecule has 4 nitrogen and oxygen atoms in total. The Morgan fingerprint density at radius 3 is 2.42 bits per heavy atom. The summed E-state index contributed by atoms with van der Waals surface area (Å²) in [4.78, 5) is 14.3. The summed E-state index contributed by atoms with van der Waals surface area (Å²) in [5, 5.41) is 9.86. The van der Waals surface area contributed by atoms with Gasteiger partial charge in [-0.25, -0.2) is 0 Å². The van der Waals surface area contributed by atoms with Gasteiger partial charge < -0.3 is 9.84 Å². The van der Waals surface area contributed by atoms with Crippen LogP contribution in [0.2, 0.25) is 0 Å². The molecule has 4 heteroatoms. The third-order valence-corrected chi connectivity index (χ3v) is 5.47. The van der Waals surface area contributed by atoms with Gasteiger partial charge in [0.2, 0.25) is 0 Å². The molecule has 0 bridgehead atoms. The molecule has 0 spiro atoms. The van der Waals surface area contributed by atoms with E-state index in [1.165, 1.54) is 0 Å². The van der Waals surface area contributed by atoms with Gasteiger partial charge in [-0.05, 0) is 31.4 Å². The number of carboxylic acids is 1. The zero-order valence-corrected chi connectivity index (χ0v) is 14.4. The average Bonchev–Trinajstić information content (AvgIpc) is 2.63. The number of carbonyl (C=O) groups is 1. The molecule has 1 aliphatic heterocycles. The lowest BCUT2D eigenvalue weighted by atomic mass is 9.66. The van der Waals surface area contributed by atoms with E-state index in [1.54, 1.807) is 0 Å². The van der Waals surface area contributed by atoms with Crippen molar-refractivity contribution in [2.24, 2.45) is 5.41 Å². The molecule has 1 aliphatic carbocycles. The molecular weight excluding hydrogens is 302 g/mol. The van der Waals surface area contributed by atoms with Gasteiger partial charge in [0.1, 0.15) is 0 Å². The van der Waals surface area contributed by atoms with Crippen molar-refractivity contribution < 1.29 is 14.6 Å². The minimum absolute atomic E-state index is 0.527. The second-order valence-corrected chi connectivity index (χ2v) is 7.02. The molecule has 1 heterocycles. The first-order valence-corrected chi connectivity index (χ1v) is 8.48. The van der Waals surface area contributed by atoms with E-state index in [4.69, 9.17) is 4.74 Å². The Morgan fingerprint density at radius 2 is 1.88 bits per heavy atom. The van der Waals surface area contributed by atoms with Crippen LogP contribution in [0.5, 0.6) is 0 Å². The molecule has 1 aromatic carbocycles. The molecule has 1 aromatic rings. The number of rotatable bonds is 4. The summed E-state index contributed by atoms with van der Waals surface area (Å²) < 4.78 is 5.47. The highest BCUT2D eigenvalue weighted by Gasteiger charge is 2.52. The number of nitrogens with zero attached hydrogens (tertiary/aromatic N) is 1. The van der Waals surface area contributed by atoms with Crippen LogP contribution in [0.3, 0.4) is 0 Å². The van der Waals surface area contributed by atoms with E-state index < -0.39 is 16.9 Å². The summed E-state index contributed by atoms with van der Waals surface area (Å²) in [5.41, 5.74) is 0.901. The van der Waals surface area contributed by atoms with Gasteiger partial charge in [0, 0.05) is 13.1 Å². The monoisotopic (exact) mass is 327 g/mol. The molecule has 0 radical (unpaired) electrons. The fourth-order valence-electron chi connectivity index (χ4n) is 3.71. The lowest BCUT2D eigenvalue weighted by Gasteiger charge is -2.51. The molecule has 128 valence electrons. The molecule has 1 unspecified atom stereocenters. The largest absolute Gasteiger partial charge is 0.481 e. The van der Waals surface area contributed by atoms with Crippen LogP contribution in [-0.4, -0.2) is 47.8 Å². The van der Waals surface area contributed by atoms with Gasteiger partial charge in [-0.1, -0.05) is 48.6 Å². The molecular formula is C20H25NO3. The first-order chi connectivity index (χ1) is 11.5. The highest BCUT2D eigenvalue weighted by atomic mass is 16.5. The smallest absolute Gasteiger partial charge is 0.311 e. The van der Waals surface area contributed by atoms with Crippen LogP contribution >= 0.6 is 0 Å². The Balaban J connectivity index is 1.96. The minimum Gasteiger partial charge on any atom is -0.481 e. The van der Waals surface area contributed by atoms with Gasteiger partial charge in [-0.2, -0.15) is 0 Å². The molecule has 1 fully saturated rings. The fourth-order valence-corrected chi connectivity index (χ4v) is 3.71. The average molecular weight is 327 g/mol. The standard InChI is InChI=1S/C20H25NO3/c1-19(2,18(22)23)20(21-12-14-24-15-13-21)10-8-17(9-11-20)16-6-4-3-5-7-16/h3-10H,11-15H2,1-2H3,(H,22,23). The van der Waals surface area contributed by atoms with Crippen LogP contribution in [0.25, 0.3) is 5.57 Å². The van der Waals surface area contributed by atoms with Gasteiger partial charge >= 0.3 is 5.97 Å². The molecule has 1 atom stereocenters. The number of carboxylic acid groups (broad SMARTS) is 1. The normalized spacial score (nSPS) is 25.3. The number of hydrogen-bond donors (Lipinski definition) is 1.